The van der Waals surface area contributed by atoms with Gasteiger partial charge in [-0.05, 0) is 66.9 Å². The maximum atomic E-state index is 13.4. The second-order valence-corrected chi connectivity index (χ2v) is 7.91. The first kappa shape index (κ1) is 25.4. The van der Waals surface area contributed by atoms with Crippen LogP contribution in [-0.4, -0.2) is 34.8 Å². The first-order valence-electron chi connectivity index (χ1n) is 10.9. The second-order valence-electron chi connectivity index (χ2n) is 7.91. The zero-order valence-corrected chi connectivity index (χ0v) is 19.0. The number of carbonyl (C=O) groups is 2. The van der Waals surface area contributed by atoms with Gasteiger partial charge in [0.05, 0.1) is 0 Å². The molecule has 1 atom stereocenters. The van der Waals surface area contributed by atoms with E-state index in [0.717, 1.165) is 11.1 Å². The summed E-state index contributed by atoms with van der Waals surface area (Å²) in [5.74, 6) is 4.32. The van der Waals surface area contributed by atoms with Gasteiger partial charge < -0.3 is 11.1 Å². The number of amides is 3. The van der Waals surface area contributed by atoms with Crippen molar-refractivity contribution in [2.24, 2.45) is 5.73 Å². The molecular formula is C27H25F2N3O3. The van der Waals surface area contributed by atoms with E-state index in [1.165, 1.54) is 31.2 Å². The molecule has 3 rings (SSSR count). The monoisotopic (exact) mass is 477 g/mol. The molecule has 180 valence electrons. The van der Waals surface area contributed by atoms with Gasteiger partial charge in [-0.25, -0.2) is 13.6 Å². The Kier molecular flexibility index (Phi) is 8.54. The van der Waals surface area contributed by atoms with E-state index in [1.54, 1.807) is 48.5 Å². The fraction of sp³-hybridized carbons (Fsp3) is 0.185. The molecule has 3 aromatic carbocycles. The average molecular weight is 478 g/mol. The van der Waals surface area contributed by atoms with Gasteiger partial charge in [-0.3, -0.25) is 10.0 Å². The summed E-state index contributed by atoms with van der Waals surface area (Å²) >= 11 is 0. The fourth-order valence-electron chi connectivity index (χ4n) is 3.53. The third-order valence-electron chi connectivity index (χ3n) is 5.41. The third kappa shape index (κ3) is 7.13. The molecule has 3 aromatic rings. The third-order valence-corrected chi connectivity index (χ3v) is 5.41. The van der Waals surface area contributed by atoms with Crippen molar-refractivity contribution in [1.82, 2.24) is 10.4 Å². The van der Waals surface area contributed by atoms with Gasteiger partial charge in [-0.1, -0.05) is 42.2 Å². The summed E-state index contributed by atoms with van der Waals surface area (Å²) in [4.78, 5) is 23.7. The molecule has 0 saturated carbocycles. The molecule has 0 aliphatic rings. The first-order valence-corrected chi connectivity index (χ1v) is 10.9. The number of carbonyl (C=O) groups excluding carboxylic acids is 2. The van der Waals surface area contributed by atoms with Gasteiger partial charge in [0.15, 0.2) is 0 Å². The van der Waals surface area contributed by atoms with Crippen LogP contribution in [0.3, 0.4) is 0 Å². The van der Waals surface area contributed by atoms with Gasteiger partial charge in [0.2, 0.25) is 0 Å². The van der Waals surface area contributed by atoms with Crippen LogP contribution in [0.1, 0.15) is 46.3 Å². The summed E-state index contributed by atoms with van der Waals surface area (Å²) < 4.78 is 26.8. The van der Waals surface area contributed by atoms with E-state index in [1.807, 2.05) is 0 Å². The zero-order valence-electron chi connectivity index (χ0n) is 19.0. The lowest BCUT2D eigenvalue weighted by Crippen LogP contribution is -2.38. The number of nitrogens with zero attached hydrogens (tertiary/aromatic N) is 1. The Morgan fingerprint density at radius 3 is 2.11 bits per heavy atom. The largest absolute Gasteiger partial charge is 0.352 e. The Morgan fingerprint density at radius 2 is 1.57 bits per heavy atom. The van der Waals surface area contributed by atoms with E-state index in [0.29, 0.717) is 29.2 Å². The van der Waals surface area contributed by atoms with Crippen molar-refractivity contribution < 1.29 is 23.6 Å². The molecule has 3 amide bonds. The number of urea groups is 1. The minimum absolute atomic E-state index is 0.165. The normalized spacial score (nSPS) is 11.3. The summed E-state index contributed by atoms with van der Waals surface area (Å²) in [5.41, 5.74) is 7.63. The standard InChI is InChI=1S/C27H25F2N3O3/c1-18(32(35)27(30)34)5-6-19-3-2-4-22(17-19)26(33)31-16-15-25(20-7-11-23(28)12-8-20)21-9-13-24(29)14-10-21/h2-4,7-14,17-18,25,35H,15-16H2,1H3,(H2,30,34)(H,31,33)/t18-/m1/s1. The average Bonchev–Trinajstić information content (AvgIpc) is 2.86. The Balaban J connectivity index is 1.68. The van der Waals surface area contributed by atoms with Gasteiger partial charge in [-0.15, -0.1) is 0 Å². The van der Waals surface area contributed by atoms with Crippen LogP contribution < -0.4 is 11.1 Å². The smallest absolute Gasteiger partial charge is 0.339 e. The van der Waals surface area contributed by atoms with Crippen LogP contribution in [0.15, 0.2) is 72.8 Å². The Bertz CT molecular complexity index is 1190. The molecule has 0 bridgehead atoms. The SMILES string of the molecule is C[C@H](C#Cc1cccc(C(=O)NCCC(c2ccc(F)cc2)c2ccc(F)cc2)c1)N(O)C(N)=O. The molecule has 0 aromatic heterocycles. The summed E-state index contributed by atoms with van der Waals surface area (Å²) in [5, 5.41) is 12.7. The fourth-order valence-corrected chi connectivity index (χ4v) is 3.53. The molecule has 35 heavy (non-hydrogen) atoms. The van der Waals surface area contributed by atoms with Crippen molar-refractivity contribution in [2.45, 2.75) is 25.3 Å². The number of nitrogens with two attached hydrogens (primary N) is 1. The highest BCUT2D eigenvalue weighted by Gasteiger charge is 2.16. The second kappa shape index (κ2) is 11.8. The predicted molar refractivity (Wildman–Crippen MR) is 128 cm³/mol. The lowest BCUT2D eigenvalue weighted by Gasteiger charge is -2.18. The molecule has 0 aliphatic carbocycles. The molecule has 6 nitrogen and oxygen atoms in total. The Morgan fingerprint density at radius 1 is 1.00 bits per heavy atom. The van der Waals surface area contributed by atoms with E-state index >= 15 is 0 Å². The number of halogens is 2. The van der Waals surface area contributed by atoms with Crippen LogP contribution in [0.5, 0.6) is 0 Å². The summed E-state index contributed by atoms with van der Waals surface area (Å²) in [6, 6.07) is 17.0. The Labute approximate surface area is 202 Å². The van der Waals surface area contributed by atoms with E-state index in [-0.39, 0.29) is 23.5 Å². The van der Waals surface area contributed by atoms with Crippen molar-refractivity contribution >= 4 is 11.9 Å². The van der Waals surface area contributed by atoms with Crippen molar-refractivity contribution in [3.05, 3.63) is 107 Å². The van der Waals surface area contributed by atoms with Crippen LogP contribution in [0.2, 0.25) is 0 Å². The number of nitrogens with one attached hydrogen (secondary N) is 1. The van der Waals surface area contributed by atoms with Crippen molar-refractivity contribution in [1.29, 1.82) is 0 Å². The lowest BCUT2D eigenvalue weighted by atomic mass is 9.88. The maximum absolute atomic E-state index is 13.4. The van der Waals surface area contributed by atoms with Crippen molar-refractivity contribution in [3.63, 3.8) is 0 Å². The predicted octanol–water partition coefficient (Wildman–Crippen LogP) is 4.43. The number of hydrogen-bond donors (Lipinski definition) is 3. The quantitative estimate of drug-likeness (QED) is 0.267. The Hall–Kier alpha value is -4.22. The van der Waals surface area contributed by atoms with E-state index in [9.17, 15) is 23.6 Å². The molecular weight excluding hydrogens is 452 g/mol. The minimum Gasteiger partial charge on any atom is -0.352 e. The van der Waals surface area contributed by atoms with Gasteiger partial charge in [0, 0.05) is 23.6 Å². The van der Waals surface area contributed by atoms with E-state index in [2.05, 4.69) is 17.2 Å². The van der Waals surface area contributed by atoms with Crippen molar-refractivity contribution in [3.8, 4) is 11.8 Å². The van der Waals surface area contributed by atoms with Crippen LogP contribution in [0.25, 0.3) is 0 Å². The highest BCUT2D eigenvalue weighted by atomic mass is 19.1. The molecule has 0 radical (unpaired) electrons. The lowest BCUT2D eigenvalue weighted by molar-refractivity contribution is -0.0536. The van der Waals surface area contributed by atoms with Crippen LogP contribution in [-0.2, 0) is 0 Å². The number of hydrogen-bond acceptors (Lipinski definition) is 3. The highest BCUT2D eigenvalue weighted by Crippen LogP contribution is 2.28. The van der Waals surface area contributed by atoms with Crippen LogP contribution in [0, 0.1) is 23.5 Å². The van der Waals surface area contributed by atoms with E-state index < -0.39 is 12.1 Å². The molecule has 0 heterocycles. The molecule has 0 spiro atoms. The van der Waals surface area contributed by atoms with Crippen LogP contribution >= 0.6 is 0 Å². The number of primary amides is 1. The van der Waals surface area contributed by atoms with Gasteiger partial charge in [0.25, 0.3) is 5.91 Å². The molecule has 0 fully saturated rings. The number of hydroxylamine groups is 2. The molecule has 0 unspecified atom stereocenters. The van der Waals surface area contributed by atoms with Crippen LogP contribution in [0.4, 0.5) is 13.6 Å². The van der Waals surface area contributed by atoms with Gasteiger partial charge >= 0.3 is 6.03 Å². The topological polar surface area (TPSA) is 95.7 Å². The van der Waals surface area contributed by atoms with Crippen molar-refractivity contribution in [2.75, 3.05) is 6.54 Å². The number of rotatable bonds is 7. The summed E-state index contributed by atoms with van der Waals surface area (Å²) in [6.07, 6.45) is 0.513. The highest BCUT2D eigenvalue weighted by molar-refractivity contribution is 5.94. The summed E-state index contributed by atoms with van der Waals surface area (Å²) in [7, 11) is 0. The summed E-state index contributed by atoms with van der Waals surface area (Å²) in [6.45, 7) is 1.83. The molecule has 4 N–H and O–H groups in total. The maximum Gasteiger partial charge on any atom is 0.339 e. The minimum atomic E-state index is -1.01. The first-order chi connectivity index (χ1) is 16.7. The number of benzene rings is 3. The molecule has 0 saturated heterocycles. The molecule has 0 aliphatic heterocycles. The van der Waals surface area contributed by atoms with Gasteiger partial charge in [-0.2, -0.15) is 5.06 Å². The van der Waals surface area contributed by atoms with E-state index in [4.69, 9.17) is 5.73 Å². The zero-order chi connectivity index (χ0) is 25.4. The van der Waals surface area contributed by atoms with Gasteiger partial charge in [0.1, 0.15) is 17.7 Å². The molecule has 8 heteroatoms.